The number of aliphatic hydroxyl groups excluding tert-OH is 1. The highest BCUT2D eigenvalue weighted by Gasteiger charge is 2.44. The minimum Gasteiger partial charge on any atom is -0.503 e. The van der Waals surface area contributed by atoms with Gasteiger partial charge in [0, 0.05) is 20.3 Å². The van der Waals surface area contributed by atoms with Crippen LogP contribution >= 0.6 is 0 Å². The largest absolute Gasteiger partial charge is 0.503 e. The van der Waals surface area contributed by atoms with E-state index in [4.69, 9.17) is 9.15 Å². The molecule has 136 valence electrons. The molecule has 2 aromatic rings. The van der Waals surface area contributed by atoms with Crippen LogP contribution in [0, 0.1) is 6.92 Å². The predicted octanol–water partition coefficient (Wildman–Crippen LogP) is 3.20. The van der Waals surface area contributed by atoms with Crippen LogP contribution in [0.15, 0.2) is 58.2 Å². The van der Waals surface area contributed by atoms with Crippen molar-refractivity contribution in [3.05, 3.63) is 70.9 Å². The number of carbonyl (C=O) groups excluding carboxylic acids is 2. The van der Waals surface area contributed by atoms with Gasteiger partial charge in [0.2, 0.25) is 5.78 Å². The molecule has 0 radical (unpaired) electrons. The molecule has 6 heteroatoms. The molecule has 1 aromatic heterocycles. The van der Waals surface area contributed by atoms with Crippen LogP contribution in [0.5, 0.6) is 0 Å². The molecule has 1 amide bonds. The van der Waals surface area contributed by atoms with Gasteiger partial charge >= 0.3 is 0 Å². The van der Waals surface area contributed by atoms with Gasteiger partial charge in [-0.1, -0.05) is 30.3 Å². The van der Waals surface area contributed by atoms with Crippen LogP contribution in [0.1, 0.15) is 34.3 Å². The Labute approximate surface area is 151 Å². The highest BCUT2D eigenvalue weighted by molar-refractivity contribution is 6.15. The average Bonchev–Trinajstić information content (AvgIpc) is 3.19. The first-order chi connectivity index (χ1) is 12.5. The van der Waals surface area contributed by atoms with Crippen molar-refractivity contribution in [2.75, 3.05) is 20.3 Å². The Bertz CT molecular complexity index is 837. The summed E-state index contributed by atoms with van der Waals surface area (Å²) in [5, 5.41) is 10.4. The molecule has 1 atom stereocenters. The van der Waals surface area contributed by atoms with Crippen molar-refractivity contribution in [2.24, 2.45) is 0 Å². The molecule has 1 aromatic carbocycles. The number of hydrogen-bond donors (Lipinski definition) is 1. The molecule has 26 heavy (non-hydrogen) atoms. The zero-order chi connectivity index (χ0) is 18.7. The highest BCUT2D eigenvalue weighted by atomic mass is 16.5. The second kappa shape index (κ2) is 7.58. The zero-order valence-electron chi connectivity index (χ0n) is 14.8. The van der Waals surface area contributed by atoms with Crippen molar-refractivity contribution >= 4 is 11.7 Å². The Kier molecular flexibility index (Phi) is 5.23. The van der Waals surface area contributed by atoms with E-state index < -0.39 is 23.5 Å². The second-order valence-electron chi connectivity index (χ2n) is 6.16. The van der Waals surface area contributed by atoms with Gasteiger partial charge in [0.05, 0.1) is 11.6 Å². The number of furan rings is 1. The van der Waals surface area contributed by atoms with Crippen LogP contribution < -0.4 is 0 Å². The number of rotatable bonds is 7. The average molecular weight is 355 g/mol. The summed E-state index contributed by atoms with van der Waals surface area (Å²) in [7, 11) is 1.59. The number of amides is 1. The third kappa shape index (κ3) is 3.28. The maximum Gasteiger partial charge on any atom is 0.290 e. The van der Waals surface area contributed by atoms with E-state index in [9.17, 15) is 14.7 Å². The minimum atomic E-state index is -0.654. The Balaban J connectivity index is 2.01. The molecule has 2 heterocycles. The molecule has 0 saturated carbocycles. The summed E-state index contributed by atoms with van der Waals surface area (Å²) in [5.74, 6) is -0.855. The number of hydrogen-bond acceptors (Lipinski definition) is 5. The first-order valence-electron chi connectivity index (χ1n) is 8.43. The lowest BCUT2D eigenvalue weighted by molar-refractivity contribution is -0.129. The fraction of sp³-hybridized carbons (Fsp3) is 0.300. The summed E-state index contributed by atoms with van der Waals surface area (Å²) in [4.78, 5) is 27.1. The van der Waals surface area contributed by atoms with Crippen LogP contribution in [-0.4, -0.2) is 42.0 Å². The van der Waals surface area contributed by atoms with Gasteiger partial charge in [0.15, 0.2) is 11.5 Å². The van der Waals surface area contributed by atoms with Crippen molar-refractivity contribution in [3.63, 3.8) is 0 Å². The molecule has 6 nitrogen and oxygen atoms in total. The molecule has 0 bridgehead atoms. The van der Waals surface area contributed by atoms with Crippen LogP contribution in [0.25, 0.3) is 0 Å². The molecule has 0 fully saturated rings. The summed E-state index contributed by atoms with van der Waals surface area (Å²) in [6, 6.07) is 11.8. The molecule has 1 aliphatic rings. The SMILES string of the molecule is COCCCN1C(=O)C(O)=C(C(=O)c2ccc(C)o2)[C@@H]1c1ccccc1. The molecular formula is C20H21NO5. The topological polar surface area (TPSA) is 80.0 Å². The van der Waals surface area contributed by atoms with E-state index in [1.54, 1.807) is 26.2 Å². The second-order valence-corrected chi connectivity index (χ2v) is 6.16. The van der Waals surface area contributed by atoms with Gasteiger partial charge in [-0.2, -0.15) is 0 Å². The first-order valence-corrected chi connectivity index (χ1v) is 8.43. The van der Waals surface area contributed by atoms with Gasteiger partial charge in [0.25, 0.3) is 5.91 Å². The molecule has 0 saturated heterocycles. The Morgan fingerprint density at radius 2 is 1.96 bits per heavy atom. The monoisotopic (exact) mass is 355 g/mol. The van der Waals surface area contributed by atoms with Gasteiger partial charge in [0.1, 0.15) is 5.76 Å². The maximum atomic E-state index is 13.0. The smallest absolute Gasteiger partial charge is 0.290 e. The van der Waals surface area contributed by atoms with E-state index in [2.05, 4.69) is 0 Å². The van der Waals surface area contributed by atoms with E-state index in [1.807, 2.05) is 30.3 Å². The third-order valence-electron chi connectivity index (χ3n) is 4.38. The number of nitrogens with zero attached hydrogens (tertiary/aromatic N) is 1. The Morgan fingerprint density at radius 3 is 2.58 bits per heavy atom. The molecule has 0 unspecified atom stereocenters. The van der Waals surface area contributed by atoms with Crippen molar-refractivity contribution < 1.29 is 23.8 Å². The number of Topliss-reactive ketones (excluding diaryl/α,β-unsaturated/α-hetero) is 1. The van der Waals surface area contributed by atoms with E-state index in [1.165, 1.54) is 4.90 Å². The summed E-state index contributed by atoms with van der Waals surface area (Å²) in [6.07, 6.45) is 0.597. The Morgan fingerprint density at radius 1 is 1.23 bits per heavy atom. The van der Waals surface area contributed by atoms with Crippen molar-refractivity contribution in [1.82, 2.24) is 4.90 Å². The molecule has 0 aliphatic carbocycles. The molecule has 0 spiro atoms. The summed E-state index contributed by atoms with van der Waals surface area (Å²) < 4.78 is 10.5. The number of aryl methyl sites for hydroxylation is 1. The van der Waals surface area contributed by atoms with Crippen LogP contribution in [0.3, 0.4) is 0 Å². The normalized spacial score (nSPS) is 17.2. The van der Waals surface area contributed by atoms with Crippen molar-refractivity contribution in [3.8, 4) is 0 Å². The number of methoxy groups -OCH3 is 1. The van der Waals surface area contributed by atoms with E-state index in [0.717, 1.165) is 5.56 Å². The standard InChI is InChI=1S/C20H21NO5/c1-13-9-10-15(26-13)18(22)16-17(14-7-4-3-5-8-14)21(11-6-12-25-2)20(24)19(16)23/h3-5,7-10,17,23H,6,11-12H2,1-2H3/t17-/m0/s1. The number of benzene rings is 1. The zero-order valence-corrected chi connectivity index (χ0v) is 14.8. The summed E-state index contributed by atoms with van der Waals surface area (Å²) in [5.41, 5.74) is 0.807. The predicted molar refractivity (Wildman–Crippen MR) is 94.8 cm³/mol. The fourth-order valence-electron chi connectivity index (χ4n) is 3.17. The number of ether oxygens (including phenoxy) is 1. The third-order valence-corrected chi connectivity index (χ3v) is 4.38. The lowest BCUT2D eigenvalue weighted by atomic mass is 9.95. The van der Waals surface area contributed by atoms with E-state index >= 15 is 0 Å². The molecule has 3 rings (SSSR count). The van der Waals surface area contributed by atoms with Gasteiger partial charge < -0.3 is 19.2 Å². The summed E-state index contributed by atoms with van der Waals surface area (Å²) in [6.45, 7) is 2.58. The minimum absolute atomic E-state index is 0.0490. The number of ketones is 1. The maximum absolute atomic E-state index is 13.0. The van der Waals surface area contributed by atoms with Crippen molar-refractivity contribution in [2.45, 2.75) is 19.4 Å². The van der Waals surface area contributed by atoms with Gasteiger partial charge in [-0.3, -0.25) is 9.59 Å². The lowest BCUT2D eigenvalue weighted by Crippen LogP contribution is -2.32. The fourth-order valence-corrected chi connectivity index (χ4v) is 3.17. The highest BCUT2D eigenvalue weighted by Crippen LogP contribution is 2.39. The number of aliphatic hydroxyl groups is 1. The van der Waals surface area contributed by atoms with Crippen molar-refractivity contribution in [1.29, 1.82) is 0 Å². The quantitative estimate of drug-likeness (QED) is 0.609. The lowest BCUT2D eigenvalue weighted by Gasteiger charge is -2.26. The van der Waals surface area contributed by atoms with Crippen LogP contribution in [0.4, 0.5) is 0 Å². The van der Waals surface area contributed by atoms with Crippen LogP contribution in [-0.2, 0) is 9.53 Å². The van der Waals surface area contributed by atoms with Crippen LogP contribution in [0.2, 0.25) is 0 Å². The summed E-state index contributed by atoms with van der Waals surface area (Å²) >= 11 is 0. The van der Waals surface area contributed by atoms with E-state index in [-0.39, 0.29) is 11.3 Å². The molecule has 1 N–H and O–H groups in total. The van der Waals surface area contributed by atoms with Gasteiger partial charge in [-0.15, -0.1) is 0 Å². The van der Waals surface area contributed by atoms with E-state index in [0.29, 0.717) is 25.3 Å². The first kappa shape index (κ1) is 17.9. The molecular weight excluding hydrogens is 334 g/mol. The van der Waals surface area contributed by atoms with Gasteiger partial charge in [-0.05, 0) is 31.0 Å². The van der Waals surface area contributed by atoms with Gasteiger partial charge in [-0.25, -0.2) is 0 Å². The Hall–Kier alpha value is -2.86. The number of carbonyl (C=O) groups is 2. The molecule has 1 aliphatic heterocycles.